The third-order valence-electron chi connectivity index (χ3n) is 4.63. The Hall–Kier alpha value is -3.65. The molecular weight excluding hydrogens is 416 g/mol. The highest BCUT2D eigenvalue weighted by Crippen LogP contribution is 2.23. The van der Waals surface area contributed by atoms with Crippen LogP contribution in [0.3, 0.4) is 0 Å². The summed E-state index contributed by atoms with van der Waals surface area (Å²) in [5.74, 6) is -1.21. The number of carboxylic acid groups (broad SMARTS) is 1. The topological polar surface area (TPSA) is 113 Å². The van der Waals surface area contributed by atoms with Gasteiger partial charge >= 0.3 is 5.97 Å². The van der Waals surface area contributed by atoms with Crippen molar-refractivity contribution < 1.29 is 23.1 Å². The molecule has 160 valence electrons. The molecule has 8 heteroatoms. The number of carbonyl (C=O) groups excluding carboxylic acids is 1. The number of para-hydroxylation sites is 1. The van der Waals surface area contributed by atoms with Crippen molar-refractivity contribution in [3.8, 4) is 0 Å². The maximum Gasteiger partial charge on any atom is 0.335 e. The van der Waals surface area contributed by atoms with Crippen molar-refractivity contribution in [2.24, 2.45) is 0 Å². The van der Waals surface area contributed by atoms with Gasteiger partial charge in [0.2, 0.25) is 5.91 Å². The predicted molar refractivity (Wildman–Crippen MR) is 119 cm³/mol. The van der Waals surface area contributed by atoms with E-state index in [2.05, 4.69) is 10.0 Å². The normalized spacial score (nSPS) is 11.0. The predicted octanol–water partition coefficient (Wildman–Crippen LogP) is 3.93. The van der Waals surface area contributed by atoms with Crippen molar-refractivity contribution >= 4 is 33.3 Å². The molecule has 3 aromatic carbocycles. The first-order chi connectivity index (χ1) is 14.7. The molecular formula is C23H22N2O5S. The fourth-order valence-corrected chi connectivity index (χ4v) is 4.16. The Morgan fingerprint density at radius 1 is 0.871 bits per heavy atom. The van der Waals surface area contributed by atoms with Gasteiger partial charge in [-0.25, -0.2) is 13.2 Å². The molecule has 0 radical (unpaired) electrons. The molecule has 0 atom stereocenters. The molecule has 1 amide bonds. The quantitative estimate of drug-likeness (QED) is 0.493. The molecule has 0 heterocycles. The number of carboxylic acids is 1. The first kappa shape index (κ1) is 22.0. The lowest BCUT2D eigenvalue weighted by Gasteiger charge is -2.13. The fourth-order valence-electron chi connectivity index (χ4n) is 3.06. The van der Waals surface area contributed by atoms with Crippen LogP contribution in [0.1, 0.15) is 28.4 Å². The van der Waals surface area contributed by atoms with Gasteiger partial charge in [0.1, 0.15) is 0 Å². The molecule has 0 aliphatic rings. The van der Waals surface area contributed by atoms with Crippen LogP contribution in [0.25, 0.3) is 0 Å². The fraction of sp³-hybridized carbons (Fsp3) is 0.130. The van der Waals surface area contributed by atoms with Crippen LogP contribution in [0.15, 0.2) is 77.7 Å². The summed E-state index contributed by atoms with van der Waals surface area (Å²) in [6.45, 7) is 1.38. The van der Waals surface area contributed by atoms with E-state index in [0.717, 1.165) is 11.1 Å². The van der Waals surface area contributed by atoms with Gasteiger partial charge in [0, 0.05) is 12.6 Å². The van der Waals surface area contributed by atoms with E-state index in [4.69, 9.17) is 5.11 Å². The molecule has 0 aliphatic heterocycles. The van der Waals surface area contributed by atoms with E-state index in [9.17, 15) is 18.0 Å². The second-order valence-corrected chi connectivity index (χ2v) is 8.65. The maximum atomic E-state index is 12.8. The van der Waals surface area contributed by atoms with E-state index in [0.29, 0.717) is 24.2 Å². The zero-order chi connectivity index (χ0) is 22.4. The van der Waals surface area contributed by atoms with Gasteiger partial charge in [0.05, 0.1) is 16.1 Å². The van der Waals surface area contributed by atoms with Gasteiger partial charge in [-0.2, -0.15) is 0 Å². The molecule has 7 nitrogen and oxygen atoms in total. The van der Waals surface area contributed by atoms with Crippen molar-refractivity contribution in [3.63, 3.8) is 0 Å². The molecule has 3 aromatic rings. The molecule has 31 heavy (non-hydrogen) atoms. The van der Waals surface area contributed by atoms with Gasteiger partial charge in [-0.05, 0) is 66.4 Å². The van der Waals surface area contributed by atoms with E-state index in [1.165, 1.54) is 31.2 Å². The average molecular weight is 439 g/mol. The highest BCUT2D eigenvalue weighted by Gasteiger charge is 2.16. The van der Waals surface area contributed by atoms with Crippen LogP contribution in [0, 0.1) is 0 Å². The van der Waals surface area contributed by atoms with E-state index in [-0.39, 0.29) is 16.4 Å². The van der Waals surface area contributed by atoms with E-state index in [1.807, 2.05) is 12.1 Å². The standard InChI is InChI=1S/C23H22N2O5S/c1-16(26)24-20-12-14-21(15-13-20)31(29,30)25-22-5-3-2-4-18(22)9-6-17-7-10-19(11-8-17)23(27)28/h2-5,7-8,10-15,25H,6,9H2,1H3,(H,24,26)(H,27,28). The smallest absolute Gasteiger partial charge is 0.335 e. The van der Waals surface area contributed by atoms with Crippen LogP contribution in [0.2, 0.25) is 0 Å². The Labute approximate surface area is 180 Å². The van der Waals surface area contributed by atoms with Crippen molar-refractivity contribution in [3.05, 3.63) is 89.5 Å². The summed E-state index contributed by atoms with van der Waals surface area (Å²) in [6.07, 6.45) is 1.20. The molecule has 0 saturated carbocycles. The SMILES string of the molecule is CC(=O)Nc1ccc(S(=O)(=O)Nc2ccccc2CCc2ccc(C(=O)O)cc2)cc1. The Kier molecular flexibility index (Phi) is 6.71. The zero-order valence-corrected chi connectivity index (χ0v) is 17.6. The van der Waals surface area contributed by atoms with Gasteiger partial charge in [-0.15, -0.1) is 0 Å². The minimum absolute atomic E-state index is 0.0839. The highest BCUT2D eigenvalue weighted by atomic mass is 32.2. The number of aromatic carboxylic acids is 1. The first-order valence-corrected chi connectivity index (χ1v) is 11.0. The molecule has 3 rings (SSSR count). The number of sulfonamides is 1. The Bertz CT molecular complexity index is 1190. The summed E-state index contributed by atoms with van der Waals surface area (Å²) >= 11 is 0. The number of benzene rings is 3. The van der Waals surface area contributed by atoms with Crippen LogP contribution >= 0.6 is 0 Å². The zero-order valence-electron chi connectivity index (χ0n) is 16.8. The van der Waals surface area contributed by atoms with Gasteiger partial charge < -0.3 is 10.4 Å². The Morgan fingerprint density at radius 2 is 1.52 bits per heavy atom. The largest absolute Gasteiger partial charge is 0.478 e. The average Bonchev–Trinajstić information content (AvgIpc) is 2.73. The summed E-state index contributed by atoms with van der Waals surface area (Å²) < 4.78 is 28.2. The second kappa shape index (κ2) is 9.44. The summed E-state index contributed by atoms with van der Waals surface area (Å²) in [5.41, 5.74) is 3.00. The number of hydrogen-bond donors (Lipinski definition) is 3. The van der Waals surface area contributed by atoms with E-state index in [1.54, 1.807) is 36.4 Å². The second-order valence-electron chi connectivity index (χ2n) is 6.97. The molecule has 3 N–H and O–H groups in total. The first-order valence-electron chi connectivity index (χ1n) is 9.55. The lowest BCUT2D eigenvalue weighted by atomic mass is 10.0. The van der Waals surface area contributed by atoms with Gasteiger partial charge in [-0.3, -0.25) is 9.52 Å². The molecule has 0 fully saturated rings. The maximum absolute atomic E-state index is 12.8. The Balaban J connectivity index is 1.73. The minimum atomic E-state index is -3.81. The minimum Gasteiger partial charge on any atom is -0.478 e. The van der Waals surface area contributed by atoms with Gasteiger partial charge in [0.15, 0.2) is 0 Å². The number of carbonyl (C=O) groups is 2. The lowest BCUT2D eigenvalue weighted by molar-refractivity contribution is -0.114. The molecule has 0 bridgehead atoms. The number of rotatable bonds is 8. The van der Waals surface area contributed by atoms with Crippen LogP contribution in [0.4, 0.5) is 11.4 Å². The van der Waals surface area contributed by atoms with Crippen LogP contribution in [-0.2, 0) is 27.7 Å². The summed E-state index contributed by atoms with van der Waals surface area (Å²) in [4.78, 5) is 22.2. The molecule has 0 aromatic heterocycles. The number of aryl methyl sites for hydroxylation is 2. The number of hydrogen-bond acceptors (Lipinski definition) is 4. The van der Waals surface area contributed by atoms with Gasteiger partial charge in [-0.1, -0.05) is 30.3 Å². The summed E-state index contributed by atoms with van der Waals surface area (Å²) in [7, 11) is -3.81. The van der Waals surface area contributed by atoms with Crippen molar-refractivity contribution in [1.82, 2.24) is 0 Å². The molecule has 0 aliphatic carbocycles. The number of amides is 1. The van der Waals surface area contributed by atoms with Gasteiger partial charge in [0.25, 0.3) is 10.0 Å². The molecule has 0 saturated heterocycles. The third-order valence-corrected chi connectivity index (χ3v) is 6.01. The highest BCUT2D eigenvalue weighted by molar-refractivity contribution is 7.92. The third kappa shape index (κ3) is 5.93. The summed E-state index contributed by atoms with van der Waals surface area (Å²) in [5, 5.41) is 11.6. The van der Waals surface area contributed by atoms with Crippen LogP contribution < -0.4 is 10.0 Å². The summed E-state index contributed by atoms with van der Waals surface area (Å²) in [6, 6.07) is 19.7. The van der Waals surface area contributed by atoms with Crippen molar-refractivity contribution in [2.45, 2.75) is 24.7 Å². The molecule has 0 unspecified atom stereocenters. The lowest BCUT2D eigenvalue weighted by Crippen LogP contribution is -2.14. The van der Waals surface area contributed by atoms with Crippen LogP contribution in [-0.4, -0.2) is 25.4 Å². The Morgan fingerprint density at radius 3 is 2.13 bits per heavy atom. The van der Waals surface area contributed by atoms with Crippen LogP contribution in [0.5, 0.6) is 0 Å². The molecule has 0 spiro atoms. The van der Waals surface area contributed by atoms with Crippen molar-refractivity contribution in [2.75, 3.05) is 10.0 Å². The number of anilines is 2. The van der Waals surface area contributed by atoms with E-state index < -0.39 is 16.0 Å². The van der Waals surface area contributed by atoms with Crippen molar-refractivity contribution in [1.29, 1.82) is 0 Å². The monoisotopic (exact) mass is 438 g/mol. The number of nitrogens with one attached hydrogen (secondary N) is 2. The van der Waals surface area contributed by atoms with E-state index >= 15 is 0 Å².